The van der Waals surface area contributed by atoms with Gasteiger partial charge in [0.2, 0.25) is 0 Å². The molecule has 0 saturated heterocycles. The van der Waals surface area contributed by atoms with E-state index in [0.717, 1.165) is 35.1 Å². The van der Waals surface area contributed by atoms with Crippen LogP contribution in [0.4, 0.5) is 0 Å². The first-order valence-corrected chi connectivity index (χ1v) is 7.39. The summed E-state index contributed by atoms with van der Waals surface area (Å²) in [7, 11) is 0. The molecule has 0 unspecified atom stereocenters. The highest BCUT2D eigenvalue weighted by molar-refractivity contribution is 7.15. The number of hydrogen-bond donors (Lipinski definition) is 1. The van der Waals surface area contributed by atoms with Gasteiger partial charge >= 0.3 is 0 Å². The predicted octanol–water partition coefficient (Wildman–Crippen LogP) is 4.14. The van der Waals surface area contributed by atoms with Crippen LogP contribution >= 0.6 is 22.9 Å². The van der Waals surface area contributed by atoms with Gasteiger partial charge in [-0.15, -0.1) is 11.3 Å². The highest BCUT2D eigenvalue weighted by Gasteiger charge is 2.10. The lowest BCUT2D eigenvalue weighted by molar-refractivity contribution is 0.727. The Bertz CT molecular complexity index is 522. The summed E-state index contributed by atoms with van der Waals surface area (Å²) in [5.74, 6) is 0. The Morgan fingerprint density at radius 2 is 2.17 bits per heavy atom. The smallest absolute Gasteiger partial charge is 0.123 e. The van der Waals surface area contributed by atoms with E-state index in [1.54, 1.807) is 11.3 Å². The Morgan fingerprint density at radius 3 is 2.83 bits per heavy atom. The molecule has 1 aromatic heterocycles. The number of rotatable bonds is 5. The first-order valence-electron chi connectivity index (χ1n) is 6.19. The number of hydrogen-bond acceptors (Lipinski definition) is 3. The van der Waals surface area contributed by atoms with Crippen LogP contribution in [0, 0.1) is 0 Å². The lowest BCUT2D eigenvalue weighted by atomic mass is 10.2. The maximum atomic E-state index is 6.02. The van der Waals surface area contributed by atoms with E-state index in [9.17, 15) is 0 Å². The molecule has 1 heterocycles. The highest BCUT2D eigenvalue weighted by Crippen LogP contribution is 2.29. The Kier molecular flexibility index (Phi) is 4.75. The van der Waals surface area contributed by atoms with Crippen molar-refractivity contribution in [1.82, 2.24) is 10.3 Å². The maximum absolute atomic E-state index is 6.02. The van der Waals surface area contributed by atoms with Gasteiger partial charge in [0.15, 0.2) is 0 Å². The molecule has 18 heavy (non-hydrogen) atoms. The molecule has 0 aliphatic heterocycles. The van der Waals surface area contributed by atoms with Crippen LogP contribution in [0.5, 0.6) is 0 Å². The van der Waals surface area contributed by atoms with Crippen molar-refractivity contribution in [2.75, 3.05) is 6.54 Å². The van der Waals surface area contributed by atoms with Gasteiger partial charge in [-0.05, 0) is 25.1 Å². The molecule has 4 heteroatoms. The van der Waals surface area contributed by atoms with Crippen LogP contribution in [0.2, 0.25) is 5.02 Å². The van der Waals surface area contributed by atoms with Crippen LogP contribution in [-0.2, 0) is 13.0 Å². The van der Waals surface area contributed by atoms with E-state index < -0.39 is 0 Å². The summed E-state index contributed by atoms with van der Waals surface area (Å²) in [6.07, 6.45) is 0.970. The lowest BCUT2D eigenvalue weighted by Gasteiger charge is -1.99. The number of aromatic nitrogens is 1. The fourth-order valence-corrected chi connectivity index (χ4v) is 3.09. The largest absolute Gasteiger partial charge is 0.312 e. The van der Waals surface area contributed by atoms with Gasteiger partial charge in [0.05, 0.1) is 5.69 Å². The van der Waals surface area contributed by atoms with Crippen molar-refractivity contribution >= 4 is 22.9 Å². The fourth-order valence-electron chi connectivity index (χ4n) is 1.78. The number of aryl methyl sites for hydroxylation is 1. The molecule has 2 aromatic rings. The summed E-state index contributed by atoms with van der Waals surface area (Å²) in [6.45, 7) is 6.14. The topological polar surface area (TPSA) is 24.9 Å². The second-order valence-electron chi connectivity index (χ2n) is 4.03. The second-order valence-corrected chi connectivity index (χ2v) is 5.55. The van der Waals surface area contributed by atoms with Gasteiger partial charge in [0.1, 0.15) is 5.01 Å². The molecule has 0 spiro atoms. The number of halogens is 1. The van der Waals surface area contributed by atoms with Crippen molar-refractivity contribution in [3.63, 3.8) is 0 Å². The van der Waals surface area contributed by atoms with Gasteiger partial charge in [-0.1, -0.05) is 37.6 Å². The summed E-state index contributed by atoms with van der Waals surface area (Å²) in [5, 5.41) is 5.18. The van der Waals surface area contributed by atoms with Crippen LogP contribution in [0.25, 0.3) is 10.6 Å². The Labute approximate surface area is 117 Å². The van der Waals surface area contributed by atoms with Crippen LogP contribution in [0.15, 0.2) is 24.3 Å². The zero-order chi connectivity index (χ0) is 13.0. The van der Waals surface area contributed by atoms with Crippen molar-refractivity contribution in [2.45, 2.75) is 26.8 Å². The molecule has 2 rings (SSSR count). The van der Waals surface area contributed by atoms with Crippen LogP contribution in [-0.4, -0.2) is 11.5 Å². The van der Waals surface area contributed by atoms with Crippen molar-refractivity contribution < 1.29 is 0 Å². The standard InChI is InChI=1S/C14H17ClN2S/c1-3-12-13(9-16-4-2)18-14(17-12)10-6-5-7-11(15)8-10/h5-8,16H,3-4,9H2,1-2H3. The number of benzene rings is 1. The predicted molar refractivity (Wildman–Crippen MR) is 79.3 cm³/mol. The third-order valence-corrected chi connectivity index (χ3v) is 4.10. The Morgan fingerprint density at radius 1 is 1.33 bits per heavy atom. The van der Waals surface area contributed by atoms with Crippen molar-refractivity contribution in [2.24, 2.45) is 0 Å². The average molecular weight is 281 g/mol. The molecular weight excluding hydrogens is 264 g/mol. The van der Waals surface area contributed by atoms with Crippen LogP contribution < -0.4 is 5.32 Å². The quantitative estimate of drug-likeness (QED) is 0.890. The number of nitrogens with one attached hydrogen (secondary N) is 1. The van der Waals surface area contributed by atoms with E-state index >= 15 is 0 Å². The van der Waals surface area contributed by atoms with Gasteiger partial charge in [-0.2, -0.15) is 0 Å². The highest BCUT2D eigenvalue weighted by atomic mass is 35.5. The van der Waals surface area contributed by atoms with Gasteiger partial charge in [0.25, 0.3) is 0 Å². The normalized spacial score (nSPS) is 10.8. The van der Waals surface area contributed by atoms with Gasteiger partial charge in [-0.3, -0.25) is 0 Å². The molecule has 0 atom stereocenters. The van der Waals surface area contributed by atoms with Gasteiger partial charge < -0.3 is 5.32 Å². The van der Waals surface area contributed by atoms with E-state index in [4.69, 9.17) is 16.6 Å². The Balaban J connectivity index is 2.31. The summed E-state index contributed by atoms with van der Waals surface area (Å²) in [6, 6.07) is 7.88. The summed E-state index contributed by atoms with van der Waals surface area (Å²) in [4.78, 5) is 6.04. The molecule has 1 N–H and O–H groups in total. The minimum atomic E-state index is 0.758. The number of nitrogens with zero attached hydrogens (tertiary/aromatic N) is 1. The minimum Gasteiger partial charge on any atom is -0.312 e. The third-order valence-electron chi connectivity index (χ3n) is 2.72. The SMILES string of the molecule is CCNCc1sc(-c2cccc(Cl)c2)nc1CC. The second kappa shape index (κ2) is 6.32. The van der Waals surface area contributed by atoms with Crippen molar-refractivity contribution in [3.05, 3.63) is 39.9 Å². The summed E-state index contributed by atoms with van der Waals surface area (Å²) < 4.78 is 0. The molecule has 0 amide bonds. The van der Waals surface area contributed by atoms with Crippen LogP contribution in [0.1, 0.15) is 24.4 Å². The lowest BCUT2D eigenvalue weighted by Crippen LogP contribution is -2.11. The van der Waals surface area contributed by atoms with Gasteiger partial charge in [0, 0.05) is 22.0 Å². The Hall–Kier alpha value is -0.900. The molecule has 0 fully saturated rings. The maximum Gasteiger partial charge on any atom is 0.123 e. The van der Waals surface area contributed by atoms with Crippen molar-refractivity contribution in [1.29, 1.82) is 0 Å². The molecule has 0 bridgehead atoms. The monoisotopic (exact) mass is 280 g/mol. The number of thiazole rings is 1. The van der Waals surface area contributed by atoms with Gasteiger partial charge in [-0.25, -0.2) is 4.98 Å². The van der Waals surface area contributed by atoms with E-state index in [2.05, 4.69) is 25.2 Å². The third kappa shape index (κ3) is 3.10. The summed E-state index contributed by atoms with van der Waals surface area (Å²) >= 11 is 7.78. The van der Waals surface area contributed by atoms with E-state index in [-0.39, 0.29) is 0 Å². The first kappa shape index (κ1) is 13.5. The molecule has 96 valence electrons. The van der Waals surface area contributed by atoms with Crippen molar-refractivity contribution in [3.8, 4) is 10.6 Å². The van der Waals surface area contributed by atoms with E-state index in [1.807, 2.05) is 18.2 Å². The van der Waals surface area contributed by atoms with E-state index in [1.165, 1.54) is 10.6 Å². The molecule has 0 saturated carbocycles. The average Bonchev–Trinajstić information content (AvgIpc) is 2.79. The molecule has 0 radical (unpaired) electrons. The molecule has 0 aliphatic rings. The molecule has 2 nitrogen and oxygen atoms in total. The van der Waals surface area contributed by atoms with Crippen LogP contribution in [0.3, 0.4) is 0 Å². The zero-order valence-electron chi connectivity index (χ0n) is 10.7. The summed E-state index contributed by atoms with van der Waals surface area (Å²) in [5.41, 5.74) is 2.29. The minimum absolute atomic E-state index is 0.758. The van der Waals surface area contributed by atoms with E-state index in [0.29, 0.717) is 0 Å². The fraction of sp³-hybridized carbons (Fsp3) is 0.357. The molecule has 0 aliphatic carbocycles. The molecular formula is C14H17ClN2S. The first-order chi connectivity index (χ1) is 8.74. The molecule has 1 aromatic carbocycles. The zero-order valence-corrected chi connectivity index (χ0v) is 12.2.